The first-order chi connectivity index (χ1) is 14.6. The molecule has 0 radical (unpaired) electrons. The maximum Gasteiger partial charge on any atom is 0.250 e. The van der Waals surface area contributed by atoms with Crippen molar-refractivity contribution in [3.8, 4) is 11.1 Å². The largest absolute Gasteiger partial charge is 0.462 e. The number of pyridine rings is 1. The Bertz CT molecular complexity index is 1100. The van der Waals surface area contributed by atoms with Gasteiger partial charge in [-0.2, -0.15) is 0 Å². The number of aliphatic hydroxyl groups is 1. The number of fused-ring (bicyclic) bond motifs is 4. The maximum atomic E-state index is 12.7. The Hall–Kier alpha value is -2.28. The van der Waals surface area contributed by atoms with Crippen LogP contribution in [0.25, 0.3) is 11.1 Å². The van der Waals surface area contributed by atoms with E-state index in [9.17, 15) is 9.90 Å². The molecule has 1 N–H and O–H groups in total. The van der Waals surface area contributed by atoms with Gasteiger partial charge in [-0.3, -0.25) is 9.69 Å². The average molecular weight is 423 g/mol. The molecule has 0 saturated carbocycles. The van der Waals surface area contributed by atoms with Crippen molar-refractivity contribution in [1.29, 1.82) is 0 Å². The van der Waals surface area contributed by atoms with E-state index in [2.05, 4.69) is 35.4 Å². The second-order valence-corrected chi connectivity index (χ2v) is 9.21. The summed E-state index contributed by atoms with van der Waals surface area (Å²) in [5, 5.41) is 9.25. The van der Waals surface area contributed by atoms with Crippen molar-refractivity contribution in [3.63, 3.8) is 0 Å². The molecule has 5 nitrogen and oxygen atoms in total. The Balaban J connectivity index is 1.47. The summed E-state index contributed by atoms with van der Waals surface area (Å²) in [7, 11) is 0. The molecule has 1 fully saturated rings. The number of nitrogens with zero attached hydrogens (tertiary/aromatic N) is 2. The summed E-state index contributed by atoms with van der Waals surface area (Å²) in [6.45, 7) is 3.31. The lowest BCUT2D eigenvalue weighted by atomic mass is 9.80. The fourth-order valence-electron chi connectivity index (χ4n) is 5.07. The zero-order valence-corrected chi connectivity index (χ0v) is 17.9. The third kappa shape index (κ3) is 3.64. The summed E-state index contributed by atoms with van der Waals surface area (Å²) in [6, 6.07) is 16.1. The quantitative estimate of drug-likeness (QED) is 0.631. The number of likely N-dealkylation sites (tertiary alicyclic amines) is 1. The van der Waals surface area contributed by atoms with Gasteiger partial charge < -0.3 is 14.1 Å². The lowest BCUT2D eigenvalue weighted by Gasteiger charge is -2.43. The molecule has 2 bridgehead atoms. The Morgan fingerprint density at radius 3 is 2.57 bits per heavy atom. The summed E-state index contributed by atoms with van der Waals surface area (Å²) < 4.78 is 7.73. The third-order valence-corrected chi connectivity index (χ3v) is 7.06. The number of thioether (sulfide) groups is 1. The summed E-state index contributed by atoms with van der Waals surface area (Å²) in [5.41, 5.74) is 3.63. The highest BCUT2D eigenvalue weighted by atomic mass is 32.2. The van der Waals surface area contributed by atoms with Gasteiger partial charge in [0.05, 0.1) is 6.54 Å². The van der Waals surface area contributed by atoms with Crippen molar-refractivity contribution < 1.29 is 9.52 Å². The minimum absolute atomic E-state index is 0.0692. The van der Waals surface area contributed by atoms with E-state index in [1.165, 1.54) is 21.7 Å². The molecule has 0 unspecified atom stereocenters. The van der Waals surface area contributed by atoms with Gasteiger partial charge in [0.15, 0.2) is 0 Å². The predicted molar refractivity (Wildman–Crippen MR) is 119 cm³/mol. The number of piperidine rings is 1. The molecular weight excluding hydrogens is 396 g/mol. The molecule has 0 amide bonds. The van der Waals surface area contributed by atoms with E-state index in [4.69, 9.17) is 4.42 Å². The number of aliphatic hydroxyl groups excluding tert-OH is 1. The van der Waals surface area contributed by atoms with Crippen LogP contribution in [-0.2, 0) is 19.7 Å². The van der Waals surface area contributed by atoms with E-state index < -0.39 is 0 Å². The van der Waals surface area contributed by atoms with Crippen LogP contribution in [0.3, 0.4) is 0 Å². The maximum absolute atomic E-state index is 12.7. The zero-order valence-electron chi connectivity index (χ0n) is 17.1. The van der Waals surface area contributed by atoms with Crippen LogP contribution in [0.4, 0.5) is 0 Å². The van der Waals surface area contributed by atoms with Crippen molar-refractivity contribution in [2.45, 2.75) is 36.9 Å². The second-order valence-electron chi connectivity index (χ2n) is 8.33. The van der Waals surface area contributed by atoms with Gasteiger partial charge in [0.2, 0.25) is 0 Å². The first-order valence-corrected chi connectivity index (χ1v) is 11.7. The summed E-state index contributed by atoms with van der Waals surface area (Å²) in [4.78, 5) is 16.4. The van der Waals surface area contributed by atoms with E-state index in [0.29, 0.717) is 17.6 Å². The molecule has 0 aliphatic carbocycles. The number of rotatable bonds is 5. The van der Waals surface area contributed by atoms with Crippen LogP contribution in [0.15, 0.2) is 62.6 Å². The van der Waals surface area contributed by atoms with Crippen LogP contribution in [0.1, 0.15) is 29.6 Å². The Labute approximate surface area is 180 Å². The molecule has 1 saturated heterocycles. The van der Waals surface area contributed by atoms with Gasteiger partial charge in [-0.25, -0.2) is 0 Å². The standard InChI is InChI=1S/C24H26N2O3S/c1-30-21-6-2-17(3-7-21)22-8-9-23(28)26-12-16-10-18(24(22)26)13-25(11-16)14-19-4-5-20(15-27)29-19/h2-9,16,18,27H,10-15H2,1H3/t16-,18+/m0/s1. The highest BCUT2D eigenvalue weighted by molar-refractivity contribution is 7.98. The van der Waals surface area contributed by atoms with Crippen LogP contribution in [0.2, 0.25) is 0 Å². The van der Waals surface area contributed by atoms with Crippen LogP contribution >= 0.6 is 11.8 Å². The van der Waals surface area contributed by atoms with Crippen molar-refractivity contribution in [1.82, 2.24) is 9.47 Å². The second kappa shape index (κ2) is 8.10. The smallest absolute Gasteiger partial charge is 0.250 e. The SMILES string of the molecule is CSc1ccc(-c2ccc(=O)n3c2[C@@H]2C[C@@H](CN(Cc4ccc(CO)o4)C2)C3)cc1. The minimum Gasteiger partial charge on any atom is -0.462 e. The van der Waals surface area contributed by atoms with Gasteiger partial charge in [-0.15, -0.1) is 11.8 Å². The van der Waals surface area contributed by atoms with E-state index in [1.807, 2.05) is 22.8 Å². The number of hydrogen-bond donors (Lipinski definition) is 1. The molecule has 30 heavy (non-hydrogen) atoms. The Kier molecular flexibility index (Phi) is 5.31. The molecule has 2 aromatic heterocycles. The highest BCUT2D eigenvalue weighted by Gasteiger charge is 2.36. The van der Waals surface area contributed by atoms with Gasteiger partial charge in [0, 0.05) is 47.8 Å². The van der Waals surface area contributed by atoms with Crippen molar-refractivity contribution in [2.24, 2.45) is 5.92 Å². The molecule has 156 valence electrons. The Morgan fingerprint density at radius 1 is 1.03 bits per heavy atom. The van der Waals surface area contributed by atoms with E-state index in [1.54, 1.807) is 17.8 Å². The van der Waals surface area contributed by atoms with Gasteiger partial charge in [-0.05, 0) is 54.5 Å². The molecule has 6 heteroatoms. The molecule has 2 aliphatic heterocycles. The number of hydrogen-bond acceptors (Lipinski definition) is 5. The average Bonchev–Trinajstić information content (AvgIpc) is 3.22. The Morgan fingerprint density at radius 2 is 1.83 bits per heavy atom. The molecular formula is C24H26N2O3S. The zero-order chi connectivity index (χ0) is 20.7. The van der Waals surface area contributed by atoms with Crippen LogP contribution in [0.5, 0.6) is 0 Å². The van der Waals surface area contributed by atoms with Crippen LogP contribution < -0.4 is 5.56 Å². The molecule has 0 spiro atoms. The minimum atomic E-state index is -0.0692. The summed E-state index contributed by atoms with van der Waals surface area (Å²) in [5.74, 6) is 2.29. The topological polar surface area (TPSA) is 58.6 Å². The monoisotopic (exact) mass is 422 g/mol. The highest BCUT2D eigenvalue weighted by Crippen LogP contribution is 2.40. The number of benzene rings is 1. The molecule has 3 aromatic rings. The van der Waals surface area contributed by atoms with Crippen molar-refractivity contribution in [2.75, 3.05) is 19.3 Å². The molecule has 1 aromatic carbocycles. The van der Waals surface area contributed by atoms with Gasteiger partial charge in [-0.1, -0.05) is 12.1 Å². The summed E-state index contributed by atoms with van der Waals surface area (Å²) >= 11 is 1.74. The molecule has 2 atom stereocenters. The number of furan rings is 1. The fraction of sp³-hybridized carbons (Fsp3) is 0.375. The predicted octanol–water partition coefficient (Wildman–Crippen LogP) is 3.94. The molecule has 5 rings (SSSR count). The van der Waals surface area contributed by atoms with Gasteiger partial charge in [0.25, 0.3) is 5.56 Å². The summed E-state index contributed by atoms with van der Waals surface area (Å²) in [6.07, 6.45) is 3.20. The van der Waals surface area contributed by atoms with Gasteiger partial charge in [0.1, 0.15) is 18.1 Å². The van der Waals surface area contributed by atoms with Crippen LogP contribution in [-0.4, -0.2) is 33.9 Å². The molecule has 4 heterocycles. The lowest BCUT2D eigenvalue weighted by Crippen LogP contribution is -2.46. The lowest BCUT2D eigenvalue weighted by molar-refractivity contribution is 0.107. The van der Waals surface area contributed by atoms with Crippen LogP contribution in [0, 0.1) is 5.92 Å². The molecule has 2 aliphatic rings. The van der Waals surface area contributed by atoms with E-state index in [-0.39, 0.29) is 12.2 Å². The van der Waals surface area contributed by atoms with Crippen molar-refractivity contribution >= 4 is 11.8 Å². The first-order valence-electron chi connectivity index (χ1n) is 10.4. The third-order valence-electron chi connectivity index (χ3n) is 6.32. The normalized spacial score (nSPS) is 20.9. The number of aromatic nitrogens is 1. The first kappa shape index (κ1) is 19.7. The van der Waals surface area contributed by atoms with E-state index >= 15 is 0 Å². The fourth-order valence-corrected chi connectivity index (χ4v) is 5.48. The van der Waals surface area contributed by atoms with E-state index in [0.717, 1.165) is 38.4 Å². The van der Waals surface area contributed by atoms with Gasteiger partial charge >= 0.3 is 0 Å². The van der Waals surface area contributed by atoms with Crippen molar-refractivity contribution in [3.05, 3.63) is 76.1 Å².